The minimum absolute atomic E-state index is 0.0409. The number of hydrogen-bond acceptors (Lipinski definition) is 5. The van der Waals surface area contributed by atoms with E-state index in [4.69, 9.17) is 16.3 Å². The van der Waals surface area contributed by atoms with Crippen LogP contribution in [0.2, 0.25) is 5.15 Å². The highest BCUT2D eigenvalue weighted by molar-refractivity contribution is 6.29. The Hall–Kier alpha value is -1.40. The first-order valence-electron chi connectivity index (χ1n) is 5.20. The van der Waals surface area contributed by atoms with Crippen LogP contribution in [0.1, 0.15) is 6.42 Å². The maximum atomic E-state index is 10.7. The van der Waals surface area contributed by atoms with Gasteiger partial charge in [0.05, 0.1) is 23.2 Å². The molecule has 1 aromatic heterocycles. The smallest absolute Gasteiger partial charge is 0.276 e. The summed E-state index contributed by atoms with van der Waals surface area (Å²) >= 11 is 5.77. The second-order valence-electron chi connectivity index (χ2n) is 3.86. The summed E-state index contributed by atoms with van der Waals surface area (Å²) in [5.74, 6) is 0.531. The summed E-state index contributed by atoms with van der Waals surface area (Å²) in [5, 5.41) is 10.9. The molecule has 0 aliphatic carbocycles. The highest BCUT2D eigenvalue weighted by Crippen LogP contribution is 2.26. The summed E-state index contributed by atoms with van der Waals surface area (Å²) in [4.78, 5) is 16.3. The van der Waals surface area contributed by atoms with Crippen molar-refractivity contribution >= 4 is 23.1 Å². The number of hydrogen-bond donors (Lipinski definition) is 0. The molecule has 0 bridgehead atoms. The molecule has 1 atom stereocenters. The van der Waals surface area contributed by atoms with Crippen LogP contribution >= 0.6 is 11.6 Å². The molecular weight excluding hydrogens is 246 g/mol. The van der Waals surface area contributed by atoms with Gasteiger partial charge in [-0.15, -0.1) is 0 Å². The summed E-state index contributed by atoms with van der Waals surface area (Å²) in [7, 11) is 1.65. The third-order valence-corrected chi connectivity index (χ3v) is 2.97. The summed E-state index contributed by atoms with van der Waals surface area (Å²) in [6, 6.07) is 2.68. The largest absolute Gasteiger partial charge is 0.380 e. The molecule has 2 rings (SSSR count). The van der Waals surface area contributed by atoms with Crippen LogP contribution in [0.25, 0.3) is 0 Å². The lowest BCUT2D eigenvalue weighted by atomic mass is 10.3. The first-order valence-corrected chi connectivity index (χ1v) is 5.57. The molecule has 1 aliphatic rings. The van der Waals surface area contributed by atoms with Crippen LogP contribution in [-0.4, -0.2) is 36.2 Å². The van der Waals surface area contributed by atoms with Gasteiger partial charge in [-0.1, -0.05) is 11.6 Å². The zero-order valence-corrected chi connectivity index (χ0v) is 10.1. The molecule has 1 saturated heterocycles. The summed E-state index contributed by atoms with van der Waals surface area (Å²) in [6.07, 6.45) is 1.04. The number of pyridine rings is 1. The molecule has 0 spiro atoms. The number of aromatic nitrogens is 1. The highest BCUT2D eigenvalue weighted by Gasteiger charge is 2.24. The van der Waals surface area contributed by atoms with Gasteiger partial charge >= 0.3 is 0 Å². The standard InChI is InChI=1S/C10H12ClN3O3/c1-17-8-2-3-13(6-8)10-5-7(14(15)16)4-9(11)12-10/h4-5,8H,2-3,6H2,1H3. The maximum Gasteiger partial charge on any atom is 0.276 e. The van der Waals surface area contributed by atoms with Crippen LogP contribution < -0.4 is 4.90 Å². The van der Waals surface area contributed by atoms with Crippen molar-refractivity contribution in [3.63, 3.8) is 0 Å². The van der Waals surface area contributed by atoms with Crippen molar-refractivity contribution in [2.24, 2.45) is 0 Å². The number of methoxy groups -OCH3 is 1. The first-order chi connectivity index (χ1) is 8.10. The van der Waals surface area contributed by atoms with Crippen molar-refractivity contribution in [3.05, 3.63) is 27.4 Å². The number of rotatable bonds is 3. The van der Waals surface area contributed by atoms with Crippen LogP contribution in [-0.2, 0) is 4.74 Å². The van der Waals surface area contributed by atoms with E-state index in [1.165, 1.54) is 12.1 Å². The Morgan fingerprint density at radius 1 is 1.65 bits per heavy atom. The van der Waals surface area contributed by atoms with E-state index in [1.54, 1.807) is 7.11 Å². The molecule has 0 amide bonds. The fourth-order valence-corrected chi connectivity index (χ4v) is 2.06. The van der Waals surface area contributed by atoms with Gasteiger partial charge in [-0.25, -0.2) is 4.98 Å². The van der Waals surface area contributed by atoms with E-state index in [2.05, 4.69) is 4.98 Å². The van der Waals surface area contributed by atoms with Crippen molar-refractivity contribution in [2.75, 3.05) is 25.1 Å². The Labute approximate surface area is 103 Å². The Morgan fingerprint density at radius 3 is 3.00 bits per heavy atom. The molecule has 1 aliphatic heterocycles. The van der Waals surface area contributed by atoms with Gasteiger partial charge in [0.15, 0.2) is 0 Å². The summed E-state index contributed by atoms with van der Waals surface area (Å²) < 4.78 is 5.23. The molecule has 7 heteroatoms. The van der Waals surface area contributed by atoms with Crippen molar-refractivity contribution in [2.45, 2.75) is 12.5 Å². The first kappa shape index (κ1) is 12.1. The molecule has 0 radical (unpaired) electrons. The lowest BCUT2D eigenvalue weighted by Gasteiger charge is -2.16. The van der Waals surface area contributed by atoms with Crippen molar-refractivity contribution in [3.8, 4) is 0 Å². The topological polar surface area (TPSA) is 68.5 Å². The minimum Gasteiger partial charge on any atom is -0.380 e. The van der Waals surface area contributed by atoms with E-state index >= 15 is 0 Å². The number of halogens is 1. The molecule has 2 heterocycles. The third-order valence-electron chi connectivity index (χ3n) is 2.78. The predicted molar refractivity (Wildman–Crippen MR) is 63.5 cm³/mol. The maximum absolute atomic E-state index is 10.7. The van der Waals surface area contributed by atoms with Gasteiger partial charge in [-0.05, 0) is 6.42 Å². The van der Waals surface area contributed by atoms with E-state index in [-0.39, 0.29) is 16.9 Å². The number of nitrogens with zero attached hydrogens (tertiary/aromatic N) is 3. The molecule has 1 fully saturated rings. The lowest BCUT2D eigenvalue weighted by molar-refractivity contribution is -0.384. The van der Waals surface area contributed by atoms with Gasteiger partial charge in [0.25, 0.3) is 5.69 Å². The van der Waals surface area contributed by atoms with Crippen LogP contribution in [0.5, 0.6) is 0 Å². The molecule has 6 nitrogen and oxygen atoms in total. The normalized spacial score (nSPS) is 19.6. The van der Waals surface area contributed by atoms with E-state index in [1.807, 2.05) is 4.90 Å². The number of ether oxygens (including phenoxy) is 1. The molecular formula is C10H12ClN3O3. The summed E-state index contributed by atoms with van der Waals surface area (Å²) in [5.41, 5.74) is -0.0409. The van der Waals surface area contributed by atoms with E-state index < -0.39 is 4.92 Å². The van der Waals surface area contributed by atoms with E-state index in [9.17, 15) is 10.1 Å². The Kier molecular flexibility index (Phi) is 3.44. The summed E-state index contributed by atoms with van der Waals surface area (Å²) in [6.45, 7) is 1.45. The van der Waals surface area contributed by atoms with E-state index in [0.717, 1.165) is 13.0 Å². The Bertz CT molecular complexity index is 441. The fraction of sp³-hybridized carbons (Fsp3) is 0.500. The monoisotopic (exact) mass is 257 g/mol. The zero-order chi connectivity index (χ0) is 12.4. The van der Waals surface area contributed by atoms with Crippen molar-refractivity contribution < 1.29 is 9.66 Å². The molecule has 92 valence electrons. The van der Waals surface area contributed by atoms with Gasteiger partial charge in [0.2, 0.25) is 0 Å². The van der Waals surface area contributed by atoms with Crippen molar-refractivity contribution in [1.29, 1.82) is 0 Å². The Balaban J connectivity index is 2.24. The Morgan fingerprint density at radius 2 is 2.41 bits per heavy atom. The zero-order valence-electron chi connectivity index (χ0n) is 9.30. The lowest BCUT2D eigenvalue weighted by Crippen LogP contribution is -2.23. The van der Waals surface area contributed by atoms with Crippen molar-refractivity contribution in [1.82, 2.24) is 4.98 Å². The molecule has 0 N–H and O–H groups in total. The predicted octanol–water partition coefficient (Wildman–Crippen LogP) is 1.87. The SMILES string of the molecule is COC1CCN(c2cc([N+](=O)[O-])cc(Cl)n2)C1. The third kappa shape index (κ3) is 2.65. The van der Waals surface area contributed by atoms with E-state index in [0.29, 0.717) is 12.4 Å². The fourth-order valence-electron chi connectivity index (χ4n) is 1.87. The molecule has 0 saturated carbocycles. The van der Waals surface area contributed by atoms with Gasteiger partial charge in [-0.2, -0.15) is 0 Å². The molecule has 0 aromatic carbocycles. The minimum atomic E-state index is -0.471. The van der Waals surface area contributed by atoms with Gasteiger partial charge in [0, 0.05) is 20.2 Å². The van der Waals surface area contributed by atoms with Crippen LogP contribution in [0.15, 0.2) is 12.1 Å². The van der Waals surface area contributed by atoms with Crippen LogP contribution in [0.4, 0.5) is 11.5 Å². The highest BCUT2D eigenvalue weighted by atomic mass is 35.5. The average Bonchev–Trinajstić information content (AvgIpc) is 2.76. The van der Waals surface area contributed by atoms with Gasteiger partial charge in [-0.3, -0.25) is 10.1 Å². The van der Waals surface area contributed by atoms with Gasteiger partial charge < -0.3 is 9.64 Å². The number of nitro groups is 1. The molecule has 17 heavy (non-hydrogen) atoms. The second kappa shape index (κ2) is 4.85. The number of anilines is 1. The molecule has 1 aromatic rings. The quantitative estimate of drug-likeness (QED) is 0.470. The van der Waals surface area contributed by atoms with Gasteiger partial charge in [0.1, 0.15) is 11.0 Å². The van der Waals surface area contributed by atoms with Crippen LogP contribution in [0.3, 0.4) is 0 Å². The molecule has 1 unspecified atom stereocenters. The average molecular weight is 258 g/mol. The van der Waals surface area contributed by atoms with Crippen LogP contribution in [0, 0.1) is 10.1 Å². The second-order valence-corrected chi connectivity index (χ2v) is 4.24.